The molecular weight excluding hydrogens is 224 g/mol. The van der Waals surface area contributed by atoms with Gasteiger partial charge in [0.15, 0.2) is 0 Å². The van der Waals surface area contributed by atoms with Crippen molar-refractivity contribution in [3.8, 4) is 17.6 Å². The van der Waals surface area contributed by atoms with Crippen molar-refractivity contribution in [2.45, 2.75) is 6.42 Å². The standard InChI is InChI=1S/C13H15ClO2/c1-15-9-4-10-16-13-7-2-5-12(11-13)6-3-8-14/h2,5,7,11H,4,8-10H2,1H3. The van der Waals surface area contributed by atoms with Crippen LogP contribution in [0.5, 0.6) is 5.75 Å². The summed E-state index contributed by atoms with van der Waals surface area (Å²) in [5, 5.41) is 0. The number of hydrogen-bond acceptors (Lipinski definition) is 2. The van der Waals surface area contributed by atoms with E-state index < -0.39 is 0 Å². The largest absolute Gasteiger partial charge is 0.493 e. The predicted molar refractivity (Wildman–Crippen MR) is 66.0 cm³/mol. The Bertz CT molecular complexity index is 366. The fourth-order valence-electron chi connectivity index (χ4n) is 1.19. The maximum Gasteiger partial charge on any atom is 0.120 e. The zero-order valence-electron chi connectivity index (χ0n) is 9.33. The van der Waals surface area contributed by atoms with Crippen LogP contribution in [0.25, 0.3) is 0 Å². The second-order valence-corrected chi connectivity index (χ2v) is 3.43. The Labute approximate surface area is 102 Å². The molecule has 0 amide bonds. The van der Waals surface area contributed by atoms with Crippen molar-refractivity contribution in [1.29, 1.82) is 0 Å². The van der Waals surface area contributed by atoms with Crippen molar-refractivity contribution in [2.24, 2.45) is 0 Å². The molecule has 0 aliphatic heterocycles. The predicted octanol–water partition coefficient (Wildman–Crippen LogP) is 2.69. The number of methoxy groups -OCH3 is 1. The van der Waals surface area contributed by atoms with Crippen LogP contribution in [-0.4, -0.2) is 26.2 Å². The summed E-state index contributed by atoms with van der Waals surface area (Å²) < 4.78 is 10.5. The van der Waals surface area contributed by atoms with E-state index in [1.54, 1.807) is 7.11 Å². The van der Waals surface area contributed by atoms with E-state index >= 15 is 0 Å². The van der Waals surface area contributed by atoms with Gasteiger partial charge >= 0.3 is 0 Å². The lowest BCUT2D eigenvalue weighted by Crippen LogP contribution is -2.01. The molecule has 0 aromatic heterocycles. The zero-order chi connectivity index (χ0) is 11.6. The Kier molecular flexibility index (Phi) is 6.48. The Morgan fingerprint density at radius 3 is 2.94 bits per heavy atom. The first-order valence-electron chi connectivity index (χ1n) is 5.13. The SMILES string of the molecule is COCCCOc1cccc(C#CCCl)c1. The van der Waals surface area contributed by atoms with Crippen LogP contribution in [0.4, 0.5) is 0 Å². The average Bonchev–Trinajstić information content (AvgIpc) is 2.33. The average molecular weight is 239 g/mol. The normalized spacial score (nSPS) is 9.38. The van der Waals surface area contributed by atoms with E-state index in [-0.39, 0.29) is 0 Å². The molecule has 0 bridgehead atoms. The van der Waals surface area contributed by atoms with E-state index in [1.165, 1.54) is 0 Å². The molecule has 0 atom stereocenters. The lowest BCUT2D eigenvalue weighted by atomic mass is 10.2. The molecule has 0 unspecified atom stereocenters. The van der Waals surface area contributed by atoms with E-state index in [1.807, 2.05) is 24.3 Å². The number of ether oxygens (including phenoxy) is 2. The van der Waals surface area contributed by atoms with Gasteiger partial charge in [0, 0.05) is 25.7 Å². The first-order chi connectivity index (χ1) is 7.86. The van der Waals surface area contributed by atoms with Crippen LogP contribution in [0, 0.1) is 11.8 Å². The molecule has 0 spiro atoms. The Balaban J connectivity index is 2.47. The molecule has 0 fully saturated rings. The second-order valence-electron chi connectivity index (χ2n) is 3.16. The first kappa shape index (κ1) is 12.9. The molecule has 16 heavy (non-hydrogen) atoms. The third-order valence-corrected chi connectivity index (χ3v) is 2.03. The number of halogens is 1. The van der Waals surface area contributed by atoms with Gasteiger partial charge in [-0.25, -0.2) is 0 Å². The molecule has 0 saturated heterocycles. The van der Waals surface area contributed by atoms with Gasteiger partial charge in [-0.1, -0.05) is 17.9 Å². The molecule has 1 rings (SSSR count). The zero-order valence-corrected chi connectivity index (χ0v) is 10.1. The van der Waals surface area contributed by atoms with E-state index in [2.05, 4.69) is 11.8 Å². The minimum atomic E-state index is 0.346. The monoisotopic (exact) mass is 238 g/mol. The van der Waals surface area contributed by atoms with Crippen molar-refractivity contribution in [2.75, 3.05) is 26.2 Å². The highest BCUT2D eigenvalue weighted by Gasteiger charge is 1.94. The molecule has 0 aliphatic carbocycles. The molecule has 0 radical (unpaired) electrons. The molecule has 2 nitrogen and oxygen atoms in total. The van der Waals surface area contributed by atoms with Crippen LogP contribution in [0.2, 0.25) is 0 Å². The van der Waals surface area contributed by atoms with Crippen LogP contribution in [-0.2, 0) is 4.74 Å². The molecule has 0 N–H and O–H groups in total. The number of alkyl halides is 1. The van der Waals surface area contributed by atoms with Gasteiger partial charge in [-0.3, -0.25) is 0 Å². The summed E-state index contributed by atoms with van der Waals surface area (Å²) in [6.07, 6.45) is 0.883. The van der Waals surface area contributed by atoms with Gasteiger partial charge in [-0.15, -0.1) is 11.6 Å². The van der Waals surface area contributed by atoms with Crippen molar-refractivity contribution in [3.63, 3.8) is 0 Å². The molecule has 0 aliphatic rings. The molecule has 3 heteroatoms. The van der Waals surface area contributed by atoms with E-state index in [9.17, 15) is 0 Å². The third kappa shape index (κ3) is 5.06. The van der Waals surface area contributed by atoms with Crippen LogP contribution in [0.15, 0.2) is 24.3 Å². The van der Waals surface area contributed by atoms with E-state index in [0.29, 0.717) is 19.1 Å². The Morgan fingerprint density at radius 2 is 2.19 bits per heavy atom. The van der Waals surface area contributed by atoms with Crippen LogP contribution in [0.1, 0.15) is 12.0 Å². The number of benzene rings is 1. The van der Waals surface area contributed by atoms with Crippen LogP contribution in [0.3, 0.4) is 0 Å². The van der Waals surface area contributed by atoms with Gasteiger partial charge in [0.25, 0.3) is 0 Å². The Hall–Kier alpha value is -1.17. The lowest BCUT2D eigenvalue weighted by Gasteiger charge is -2.05. The van der Waals surface area contributed by atoms with Crippen LogP contribution >= 0.6 is 11.6 Å². The van der Waals surface area contributed by atoms with Gasteiger partial charge in [0.2, 0.25) is 0 Å². The molecular formula is C13H15ClO2. The van der Waals surface area contributed by atoms with Crippen LogP contribution < -0.4 is 4.74 Å². The van der Waals surface area contributed by atoms with E-state index in [0.717, 1.165) is 17.7 Å². The molecule has 86 valence electrons. The van der Waals surface area contributed by atoms with E-state index in [4.69, 9.17) is 21.1 Å². The summed E-state index contributed by atoms with van der Waals surface area (Å²) in [4.78, 5) is 0. The maximum atomic E-state index is 5.55. The van der Waals surface area contributed by atoms with Gasteiger partial charge < -0.3 is 9.47 Å². The topological polar surface area (TPSA) is 18.5 Å². The summed E-state index contributed by atoms with van der Waals surface area (Å²) in [6.45, 7) is 1.37. The molecule has 0 saturated carbocycles. The molecule has 1 aromatic rings. The highest BCUT2D eigenvalue weighted by atomic mass is 35.5. The van der Waals surface area contributed by atoms with Crippen molar-refractivity contribution >= 4 is 11.6 Å². The minimum absolute atomic E-state index is 0.346. The highest BCUT2D eigenvalue weighted by molar-refractivity contribution is 6.19. The Morgan fingerprint density at radius 1 is 1.31 bits per heavy atom. The quantitative estimate of drug-likeness (QED) is 0.446. The van der Waals surface area contributed by atoms with Crippen molar-refractivity contribution in [1.82, 2.24) is 0 Å². The molecule has 0 heterocycles. The minimum Gasteiger partial charge on any atom is -0.493 e. The summed E-state index contributed by atoms with van der Waals surface area (Å²) >= 11 is 5.49. The summed E-state index contributed by atoms with van der Waals surface area (Å²) in [5.74, 6) is 6.93. The van der Waals surface area contributed by atoms with Gasteiger partial charge in [0.1, 0.15) is 5.75 Å². The first-order valence-corrected chi connectivity index (χ1v) is 5.67. The fourth-order valence-corrected chi connectivity index (χ4v) is 1.26. The molecule has 1 aromatic carbocycles. The van der Waals surface area contributed by atoms with Gasteiger partial charge in [-0.05, 0) is 18.2 Å². The smallest absolute Gasteiger partial charge is 0.120 e. The lowest BCUT2D eigenvalue weighted by molar-refractivity contribution is 0.172. The van der Waals surface area contributed by atoms with Gasteiger partial charge in [-0.2, -0.15) is 0 Å². The maximum absolute atomic E-state index is 5.55. The summed E-state index contributed by atoms with van der Waals surface area (Å²) in [7, 11) is 1.68. The second kappa shape index (κ2) is 8.04. The number of hydrogen-bond donors (Lipinski definition) is 0. The summed E-state index contributed by atoms with van der Waals surface area (Å²) in [5.41, 5.74) is 0.921. The fraction of sp³-hybridized carbons (Fsp3) is 0.385. The summed E-state index contributed by atoms with van der Waals surface area (Å²) in [6, 6.07) is 7.68. The van der Waals surface area contributed by atoms with Gasteiger partial charge in [0.05, 0.1) is 12.5 Å². The van der Waals surface area contributed by atoms with Crippen molar-refractivity contribution in [3.05, 3.63) is 29.8 Å². The van der Waals surface area contributed by atoms with Crippen molar-refractivity contribution < 1.29 is 9.47 Å². The number of rotatable bonds is 5. The third-order valence-electron chi connectivity index (χ3n) is 1.90. The highest BCUT2D eigenvalue weighted by Crippen LogP contribution is 2.12.